The Kier molecular flexibility index (Phi) is 2.32. The monoisotopic (exact) mass is 228 g/mol. The Morgan fingerprint density at radius 1 is 1.06 bits per heavy atom. The molecule has 1 atom stereocenters. The Hall–Kier alpha value is -1.90. The normalized spacial score (nSPS) is 18.1. The summed E-state index contributed by atoms with van der Waals surface area (Å²) in [6.07, 6.45) is 3.48. The molecule has 2 N–H and O–H groups in total. The lowest BCUT2D eigenvalue weighted by Gasteiger charge is -2.26. The number of rotatable bonds is 1. The molecule has 2 heterocycles. The molecular weight excluding hydrogens is 212 g/mol. The molecule has 1 aliphatic rings. The second-order valence-corrected chi connectivity index (χ2v) is 4.70. The van der Waals surface area contributed by atoms with Crippen LogP contribution in [0, 0.1) is 13.8 Å². The second-order valence-electron chi connectivity index (χ2n) is 4.70. The first-order chi connectivity index (χ1) is 8.22. The maximum absolute atomic E-state index is 5.17. The van der Waals surface area contributed by atoms with Crippen LogP contribution in [0.5, 0.6) is 0 Å². The van der Waals surface area contributed by atoms with Crippen molar-refractivity contribution in [2.45, 2.75) is 19.9 Å². The largest absolute Gasteiger partial charge is 0.468 e. The molecule has 0 saturated carbocycles. The van der Waals surface area contributed by atoms with Crippen molar-refractivity contribution in [3.8, 4) is 0 Å². The minimum atomic E-state index is 0.304. The number of anilines is 2. The highest BCUT2D eigenvalue weighted by atomic mass is 16.3. The van der Waals surface area contributed by atoms with Crippen LogP contribution < -0.4 is 10.6 Å². The van der Waals surface area contributed by atoms with Crippen molar-refractivity contribution < 1.29 is 4.42 Å². The molecule has 0 amide bonds. The van der Waals surface area contributed by atoms with E-state index in [2.05, 4.69) is 42.7 Å². The Balaban J connectivity index is 1.91. The minimum Gasteiger partial charge on any atom is -0.468 e. The quantitative estimate of drug-likeness (QED) is 0.784. The summed E-state index contributed by atoms with van der Waals surface area (Å²) in [4.78, 5) is 0. The molecule has 88 valence electrons. The molecule has 1 aliphatic heterocycles. The van der Waals surface area contributed by atoms with E-state index in [9.17, 15) is 0 Å². The van der Waals surface area contributed by atoms with E-state index in [1.165, 1.54) is 16.7 Å². The van der Waals surface area contributed by atoms with Crippen molar-refractivity contribution in [3.63, 3.8) is 0 Å². The minimum absolute atomic E-state index is 0.304. The maximum atomic E-state index is 5.17. The molecule has 0 saturated heterocycles. The lowest BCUT2D eigenvalue weighted by atomic mass is 10.00. The number of benzene rings is 1. The lowest BCUT2D eigenvalue weighted by Crippen LogP contribution is -2.25. The van der Waals surface area contributed by atoms with E-state index in [0.717, 1.165) is 17.9 Å². The average molecular weight is 228 g/mol. The van der Waals surface area contributed by atoms with E-state index >= 15 is 0 Å². The molecule has 17 heavy (non-hydrogen) atoms. The first-order valence-corrected chi connectivity index (χ1v) is 5.87. The van der Waals surface area contributed by atoms with E-state index in [4.69, 9.17) is 4.42 Å². The van der Waals surface area contributed by atoms with Crippen LogP contribution in [0.25, 0.3) is 0 Å². The molecule has 1 aromatic carbocycles. The van der Waals surface area contributed by atoms with E-state index < -0.39 is 0 Å². The van der Waals surface area contributed by atoms with Gasteiger partial charge in [0.15, 0.2) is 0 Å². The number of hydrogen-bond acceptors (Lipinski definition) is 3. The summed E-state index contributed by atoms with van der Waals surface area (Å²) < 4.78 is 5.17. The molecule has 3 nitrogen and oxygen atoms in total. The summed E-state index contributed by atoms with van der Waals surface area (Å²) >= 11 is 0. The summed E-state index contributed by atoms with van der Waals surface area (Å²) in [6, 6.07) is 6.97. The van der Waals surface area contributed by atoms with Gasteiger partial charge in [-0.05, 0) is 19.4 Å². The van der Waals surface area contributed by atoms with Crippen LogP contribution in [0.1, 0.15) is 22.7 Å². The van der Waals surface area contributed by atoms with E-state index in [-0.39, 0.29) is 0 Å². The van der Waals surface area contributed by atoms with Gasteiger partial charge in [0.1, 0.15) is 12.5 Å². The maximum Gasteiger partial charge on any atom is 0.116 e. The fourth-order valence-corrected chi connectivity index (χ4v) is 2.41. The highest BCUT2D eigenvalue weighted by Gasteiger charge is 2.20. The molecule has 0 aliphatic carbocycles. The van der Waals surface area contributed by atoms with Crippen LogP contribution >= 0.6 is 0 Å². The number of furan rings is 1. The summed E-state index contributed by atoms with van der Waals surface area (Å²) in [5.74, 6) is 0. The fourth-order valence-electron chi connectivity index (χ4n) is 2.41. The lowest BCUT2D eigenvalue weighted by molar-refractivity contribution is 0.569. The van der Waals surface area contributed by atoms with Crippen LogP contribution in [0.3, 0.4) is 0 Å². The van der Waals surface area contributed by atoms with Crippen LogP contribution in [-0.2, 0) is 0 Å². The van der Waals surface area contributed by atoms with Gasteiger partial charge in [-0.15, -0.1) is 0 Å². The van der Waals surface area contributed by atoms with Gasteiger partial charge in [-0.2, -0.15) is 0 Å². The van der Waals surface area contributed by atoms with Crippen LogP contribution in [0.15, 0.2) is 35.1 Å². The van der Waals surface area contributed by atoms with E-state index in [0.29, 0.717) is 6.04 Å². The van der Waals surface area contributed by atoms with Crippen molar-refractivity contribution in [3.05, 3.63) is 47.4 Å². The highest BCUT2D eigenvalue weighted by Crippen LogP contribution is 2.32. The predicted octanol–water partition coefficient (Wildman–Crippen LogP) is 3.48. The zero-order valence-electron chi connectivity index (χ0n) is 10.1. The van der Waals surface area contributed by atoms with E-state index in [1.807, 2.05) is 0 Å². The number of aryl methyl sites for hydroxylation is 2. The van der Waals surface area contributed by atoms with Crippen molar-refractivity contribution in [2.75, 3.05) is 17.2 Å². The smallest absolute Gasteiger partial charge is 0.116 e. The number of fused-ring (bicyclic) bond motifs is 1. The number of nitrogens with one attached hydrogen (secondary N) is 2. The Labute approximate surface area is 101 Å². The molecule has 1 unspecified atom stereocenters. The van der Waals surface area contributed by atoms with Gasteiger partial charge >= 0.3 is 0 Å². The van der Waals surface area contributed by atoms with Gasteiger partial charge in [0.25, 0.3) is 0 Å². The average Bonchev–Trinajstić information content (AvgIpc) is 2.74. The zero-order chi connectivity index (χ0) is 11.8. The third-order valence-corrected chi connectivity index (χ3v) is 3.13. The first-order valence-electron chi connectivity index (χ1n) is 5.87. The topological polar surface area (TPSA) is 37.2 Å². The third kappa shape index (κ3) is 1.88. The molecule has 0 bridgehead atoms. The van der Waals surface area contributed by atoms with Gasteiger partial charge in [0.2, 0.25) is 0 Å². The molecule has 2 aromatic rings. The molecule has 1 aromatic heterocycles. The van der Waals surface area contributed by atoms with Crippen LogP contribution in [0.2, 0.25) is 0 Å². The summed E-state index contributed by atoms with van der Waals surface area (Å²) in [7, 11) is 0. The summed E-state index contributed by atoms with van der Waals surface area (Å²) in [5.41, 5.74) is 6.02. The summed E-state index contributed by atoms with van der Waals surface area (Å²) in [5, 5.41) is 6.87. The molecule has 0 radical (unpaired) electrons. The van der Waals surface area contributed by atoms with E-state index in [1.54, 1.807) is 12.5 Å². The number of hydrogen-bond donors (Lipinski definition) is 2. The van der Waals surface area contributed by atoms with Gasteiger partial charge in [0, 0.05) is 6.54 Å². The molecule has 0 spiro atoms. The standard InChI is InChI=1S/C14H16N2O/c1-9-3-10(2)5-11(4-9)12-6-15-13-7-17-8-14(13)16-12/h3-5,7-8,12,15-16H,6H2,1-2H3. The van der Waals surface area contributed by atoms with Gasteiger partial charge in [-0.25, -0.2) is 0 Å². The highest BCUT2D eigenvalue weighted by molar-refractivity contribution is 5.69. The molecule has 3 heteroatoms. The zero-order valence-corrected chi connectivity index (χ0v) is 10.1. The van der Waals surface area contributed by atoms with Crippen molar-refractivity contribution in [1.82, 2.24) is 0 Å². The Bertz CT molecular complexity index is 525. The predicted molar refractivity (Wildman–Crippen MR) is 69.5 cm³/mol. The summed E-state index contributed by atoms with van der Waals surface area (Å²) in [6.45, 7) is 5.15. The van der Waals surface area contributed by atoms with Gasteiger partial charge in [-0.1, -0.05) is 29.3 Å². The molecule has 3 rings (SSSR count). The van der Waals surface area contributed by atoms with Gasteiger partial charge in [-0.3, -0.25) is 0 Å². The first kappa shape index (κ1) is 10.3. The molecular formula is C14H16N2O. The van der Waals surface area contributed by atoms with Crippen molar-refractivity contribution in [1.29, 1.82) is 0 Å². The van der Waals surface area contributed by atoms with Crippen LogP contribution in [0.4, 0.5) is 11.4 Å². The van der Waals surface area contributed by atoms with Crippen molar-refractivity contribution >= 4 is 11.4 Å². The third-order valence-electron chi connectivity index (χ3n) is 3.13. The van der Waals surface area contributed by atoms with Gasteiger partial charge in [0.05, 0.1) is 17.4 Å². The SMILES string of the molecule is Cc1cc(C)cc(C2CNc3cocc3N2)c1. The second kappa shape index (κ2) is 3.84. The van der Waals surface area contributed by atoms with Crippen LogP contribution in [-0.4, -0.2) is 6.54 Å². The van der Waals surface area contributed by atoms with Crippen molar-refractivity contribution in [2.24, 2.45) is 0 Å². The fraction of sp³-hybridized carbons (Fsp3) is 0.286. The Morgan fingerprint density at radius 3 is 2.53 bits per heavy atom. The molecule has 0 fully saturated rings. The Morgan fingerprint density at radius 2 is 1.76 bits per heavy atom. The van der Waals surface area contributed by atoms with Gasteiger partial charge < -0.3 is 15.1 Å².